The molecule has 6 heteroatoms. The van der Waals surface area contributed by atoms with E-state index in [1.54, 1.807) is 0 Å². The lowest BCUT2D eigenvalue weighted by Crippen LogP contribution is -2.30. The topological polar surface area (TPSA) is 78.9 Å². The van der Waals surface area contributed by atoms with Crippen LogP contribution in [0.5, 0.6) is 0 Å². The van der Waals surface area contributed by atoms with E-state index < -0.39 is 6.10 Å². The zero-order valence-electron chi connectivity index (χ0n) is 40.9. The summed E-state index contributed by atoms with van der Waals surface area (Å²) in [6.07, 6.45) is 57.5. The number of carbonyl (C=O) groups is 3. The van der Waals surface area contributed by atoms with E-state index in [0.29, 0.717) is 19.3 Å². The fraction of sp³-hybridized carbons (Fsp3) is 0.873. The Morgan fingerprint density at radius 3 is 0.902 bits per heavy atom. The molecule has 0 aromatic carbocycles. The zero-order chi connectivity index (χ0) is 44.4. The van der Waals surface area contributed by atoms with Crippen molar-refractivity contribution >= 4 is 17.9 Å². The van der Waals surface area contributed by atoms with Gasteiger partial charge in [-0.05, 0) is 64.2 Å². The Morgan fingerprint density at radius 1 is 0.311 bits per heavy atom. The van der Waals surface area contributed by atoms with Gasteiger partial charge in [0, 0.05) is 19.3 Å². The molecule has 0 saturated heterocycles. The lowest BCUT2D eigenvalue weighted by Gasteiger charge is -2.18. The molecule has 358 valence electrons. The highest BCUT2D eigenvalue weighted by Gasteiger charge is 2.19. The average molecular weight is 859 g/mol. The van der Waals surface area contributed by atoms with Crippen LogP contribution in [0.1, 0.15) is 290 Å². The summed E-state index contributed by atoms with van der Waals surface area (Å²) < 4.78 is 16.8. The Bertz CT molecular complexity index is 989. The molecule has 0 aromatic heterocycles. The van der Waals surface area contributed by atoms with Crippen LogP contribution >= 0.6 is 0 Å². The summed E-state index contributed by atoms with van der Waals surface area (Å²) in [5, 5.41) is 0. The van der Waals surface area contributed by atoms with Crippen molar-refractivity contribution in [3.8, 4) is 0 Å². The van der Waals surface area contributed by atoms with E-state index in [1.807, 2.05) is 0 Å². The fourth-order valence-electron chi connectivity index (χ4n) is 7.85. The highest BCUT2D eigenvalue weighted by atomic mass is 16.6. The molecular formula is C55H102O6. The highest BCUT2D eigenvalue weighted by Crippen LogP contribution is 2.16. The van der Waals surface area contributed by atoms with Gasteiger partial charge in [0.15, 0.2) is 6.10 Å². The largest absolute Gasteiger partial charge is 0.462 e. The molecule has 0 aliphatic carbocycles. The molecule has 0 spiro atoms. The van der Waals surface area contributed by atoms with Gasteiger partial charge in [-0.2, -0.15) is 0 Å². The first-order valence-corrected chi connectivity index (χ1v) is 26.8. The van der Waals surface area contributed by atoms with E-state index in [9.17, 15) is 14.4 Å². The SMILES string of the molecule is CCCCCC/C=C\CCCC(=O)OCC(COC(=O)CCCCCCCCC/C=C\CCCCCCCCCC)OC(=O)CCCCCCCCCCCCCCCCC. The lowest BCUT2D eigenvalue weighted by atomic mass is 10.0. The van der Waals surface area contributed by atoms with Crippen LogP contribution in [0.3, 0.4) is 0 Å². The Hall–Kier alpha value is -2.11. The van der Waals surface area contributed by atoms with Crippen molar-refractivity contribution in [2.45, 2.75) is 297 Å². The number of esters is 3. The Kier molecular flexibility index (Phi) is 48.8. The van der Waals surface area contributed by atoms with Gasteiger partial charge in [0.2, 0.25) is 0 Å². The first-order valence-electron chi connectivity index (χ1n) is 26.8. The van der Waals surface area contributed by atoms with Crippen LogP contribution in [0, 0.1) is 0 Å². The highest BCUT2D eigenvalue weighted by molar-refractivity contribution is 5.71. The summed E-state index contributed by atoms with van der Waals surface area (Å²) in [5.41, 5.74) is 0. The van der Waals surface area contributed by atoms with Gasteiger partial charge in [-0.1, -0.05) is 231 Å². The summed E-state index contributed by atoms with van der Waals surface area (Å²) in [6, 6.07) is 0. The normalized spacial score (nSPS) is 12.1. The summed E-state index contributed by atoms with van der Waals surface area (Å²) >= 11 is 0. The number of ether oxygens (including phenoxy) is 3. The molecule has 6 nitrogen and oxygen atoms in total. The summed E-state index contributed by atoms with van der Waals surface area (Å²) in [6.45, 7) is 6.61. The van der Waals surface area contributed by atoms with Gasteiger partial charge in [0.25, 0.3) is 0 Å². The predicted octanol–water partition coefficient (Wildman–Crippen LogP) is 17.5. The standard InChI is InChI=1S/C55H102O6/c1-4-7-10-13-16-19-21-23-25-26-27-28-30-31-33-36-39-42-45-48-54(57)60-51-52(50-59-53(56)47-44-41-38-35-18-15-12-9-6-3)61-55(58)49-46-43-40-37-34-32-29-24-22-20-17-14-11-8-5-2/h26-27,35,38,52H,4-25,28-34,36-37,39-51H2,1-3H3/b27-26-,38-35-. The fourth-order valence-corrected chi connectivity index (χ4v) is 7.85. The van der Waals surface area contributed by atoms with Crippen LogP contribution < -0.4 is 0 Å². The minimum absolute atomic E-state index is 0.0783. The quantitative estimate of drug-likeness (QED) is 0.0262. The zero-order valence-corrected chi connectivity index (χ0v) is 40.9. The number of allylic oxidation sites excluding steroid dienone is 4. The molecule has 0 amide bonds. The maximum Gasteiger partial charge on any atom is 0.306 e. The molecule has 0 aromatic rings. The Morgan fingerprint density at radius 2 is 0.557 bits per heavy atom. The van der Waals surface area contributed by atoms with E-state index in [0.717, 1.165) is 57.8 Å². The van der Waals surface area contributed by atoms with Crippen LogP contribution in [-0.2, 0) is 28.6 Å². The third-order valence-corrected chi connectivity index (χ3v) is 11.9. The molecule has 61 heavy (non-hydrogen) atoms. The van der Waals surface area contributed by atoms with Crippen molar-refractivity contribution in [1.82, 2.24) is 0 Å². The first kappa shape index (κ1) is 58.9. The van der Waals surface area contributed by atoms with Crippen LogP contribution in [0.4, 0.5) is 0 Å². The van der Waals surface area contributed by atoms with Crippen molar-refractivity contribution in [3.05, 3.63) is 24.3 Å². The van der Waals surface area contributed by atoms with Gasteiger partial charge in [-0.3, -0.25) is 14.4 Å². The average Bonchev–Trinajstić information content (AvgIpc) is 3.26. The molecule has 0 bridgehead atoms. The molecule has 0 heterocycles. The molecule has 1 unspecified atom stereocenters. The maximum atomic E-state index is 12.8. The monoisotopic (exact) mass is 859 g/mol. The molecule has 0 aliphatic heterocycles. The Balaban J connectivity index is 4.27. The second-order valence-electron chi connectivity index (χ2n) is 18.1. The van der Waals surface area contributed by atoms with Crippen LogP contribution in [0.15, 0.2) is 24.3 Å². The molecule has 0 N–H and O–H groups in total. The van der Waals surface area contributed by atoms with Crippen molar-refractivity contribution in [1.29, 1.82) is 0 Å². The van der Waals surface area contributed by atoms with Gasteiger partial charge >= 0.3 is 17.9 Å². The summed E-state index contributed by atoms with van der Waals surface area (Å²) in [7, 11) is 0. The molecular weight excluding hydrogens is 757 g/mol. The first-order chi connectivity index (χ1) is 30.0. The van der Waals surface area contributed by atoms with Gasteiger partial charge < -0.3 is 14.2 Å². The van der Waals surface area contributed by atoms with E-state index in [1.165, 1.54) is 193 Å². The lowest BCUT2D eigenvalue weighted by molar-refractivity contribution is -0.167. The van der Waals surface area contributed by atoms with E-state index in [2.05, 4.69) is 45.1 Å². The van der Waals surface area contributed by atoms with Crippen molar-refractivity contribution in [2.75, 3.05) is 13.2 Å². The number of carbonyl (C=O) groups excluding carboxylic acids is 3. The third-order valence-electron chi connectivity index (χ3n) is 11.9. The number of hydrogen-bond acceptors (Lipinski definition) is 6. The van der Waals surface area contributed by atoms with Crippen LogP contribution in [0.2, 0.25) is 0 Å². The Labute approximate surface area is 379 Å². The number of hydrogen-bond donors (Lipinski definition) is 0. The molecule has 0 aliphatic rings. The third kappa shape index (κ3) is 48.8. The summed E-state index contributed by atoms with van der Waals surface area (Å²) in [4.78, 5) is 37.9. The molecule has 0 saturated carbocycles. The predicted molar refractivity (Wildman–Crippen MR) is 261 cm³/mol. The molecule has 1 atom stereocenters. The minimum Gasteiger partial charge on any atom is -0.462 e. The summed E-state index contributed by atoms with van der Waals surface area (Å²) in [5.74, 6) is -0.905. The molecule has 0 radical (unpaired) electrons. The van der Waals surface area contributed by atoms with Crippen molar-refractivity contribution in [3.63, 3.8) is 0 Å². The second-order valence-corrected chi connectivity index (χ2v) is 18.1. The van der Waals surface area contributed by atoms with Crippen molar-refractivity contribution < 1.29 is 28.6 Å². The van der Waals surface area contributed by atoms with Gasteiger partial charge in [-0.15, -0.1) is 0 Å². The van der Waals surface area contributed by atoms with Gasteiger partial charge in [0.1, 0.15) is 13.2 Å². The van der Waals surface area contributed by atoms with Crippen LogP contribution in [0.25, 0.3) is 0 Å². The van der Waals surface area contributed by atoms with E-state index in [4.69, 9.17) is 14.2 Å². The second kappa shape index (κ2) is 50.5. The number of rotatable bonds is 49. The minimum atomic E-state index is -0.778. The van der Waals surface area contributed by atoms with E-state index in [-0.39, 0.29) is 31.1 Å². The molecule has 0 rings (SSSR count). The number of unbranched alkanes of at least 4 members (excludes halogenated alkanes) is 34. The molecule has 0 fully saturated rings. The van der Waals surface area contributed by atoms with E-state index >= 15 is 0 Å². The van der Waals surface area contributed by atoms with Gasteiger partial charge in [0.05, 0.1) is 0 Å². The van der Waals surface area contributed by atoms with Crippen LogP contribution in [-0.4, -0.2) is 37.2 Å². The smallest absolute Gasteiger partial charge is 0.306 e. The maximum absolute atomic E-state index is 12.8. The van der Waals surface area contributed by atoms with Gasteiger partial charge in [-0.25, -0.2) is 0 Å². The van der Waals surface area contributed by atoms with Crippen molar-refractivity contribution in [2.24, 2.45) is 0 Å².